The van der Waals surface area contributed by atoms with Crippen molar-refractivity contribution in [2.45, 2.75) is 44.7 Å². The lowest BCUT2D eigenvalue weighted by molar-refractivity contribution is -0.128. The molecule has 0 aromatic heterocycles. The molecule has 2 aliphatic rings. The number of fused-ring (bicyclic) bond motifs is 2. The minimum absolute atomic E-state index is 0.00141. The highest BCUT2D eigenvalue weighted by atomic mass is 79.9. The largest absolute Gasteiger partial charge is 0.347 e. The molecule has 3 nitrogen and oxygen atoms in total. The van der Waals surface area contributed by atoms with Crippen LogP contribution >= 0.6 is 15.9 Å². The van der Waals surface area contributed by atoms with Gasteiger partial charge < -0.3 is 11.1 Å². The van der Waals surface area contributed by atoms with Gasteiger partial charge in [0.1, 0.15) is 0 Å². The maximum atomic E-state index is 12.7. The van der Waals surface area contributed by atoms with Gasteiger partial charge in [0.15, 0.2) is 0 Å². The zero-order chi connectivity index (χ0) is 15.2. The van der Waals surface area contributed by atoms with Crippen LogP contribution in [0, 0.1) is 17.8 Å². The van der Waals surface area contributed by atoms with E-state index in [9.17, 15) is 4.79 Å². The highest BCUT2D eigenvalue weighted by molar-refractivity contribution is 9.10. The summed E-state index contributed by atoms with van der Waals surface area (Å²) in [6.07, 6.45) is 3.50. The van der Waals surface area contributed by atoms with E-state index in [-0.39, 0.29) is 23.4 Å². The summed E-state index contributed by atoms with van der Waals surface area (Å²) in [5, 5.41) is 3.21. The fraction of sp³-hybridized carbons (Fsp3) is 0.588. The minimum atomic E-state index is -0.376. The summed E-state index contributed by atoms with van der Waals surface area (Å²) in [4.78, 5) is 12.7. The lowest BCUT2D eigenvalue weighted by atomic mass is 9.83. The second kappa shape index (κ2) is 5.40. The molecule has 2 fully saturated rings. The molecule has 0 saturated heterocycles. The topological polar surface area (TPSA) is 55.1 Å². The normalized spacial score (nSPS) is 31.4. The van der Waals surface area contributed by atoms with Crippen LogP contribution in [0.2, 0.25) is 0 Å². The van der Waals surface area contributed by atoms with E-state index < -0.39 is 0 Å². The third-order valence-electron chi connectivity index (χ3n) is 5.28. The van der Waals surface area contributed by atoms with E-state index in [1.807, 2.05) is 38.1 Å². The third kappa shape index (κ3) is 2.76. The Hall–Kier alpha value is -0.870. The Morgan fingerprint density at radius 1 is 1.24 bits per heavy atom. The van der Waals surface area contributed by atoms with Crippen LogP contribution in [-0.4, -0.2) is 11.9 Å². The van der Waals surface area contributed by atoms with E-state index in [1.165, 1.54) is 6.42 Å². The molecule has 3 N–H and O–H groups in total. The second-order valence-electron chi connectivity index (χ2n) is 7.06. The molecular formula is C17H23BrN2O. The molecule has 0 aliphatic heterocycles. The quantitative estimate of drug-likeness (QED) is 0.879. The van der Waals surface area contributed by atoms with Gasteiger partial charge in [-0.05, 0) is 62.6 Å². The SMILES string of the molecule is CC(C)(NC(=O)C1C2CCC(C2)C1N)c1ccc(Br)cc1. The van der Waals surface area contributed by atoms with Crippen LogP contribution in [0.15, 0.2) is 28.7 Å². The number of hydrogen-bond acceptors (Lipinski definition) is 2. The summed E-state index contributed by atoms with van der Waals surface area (Å²) < 4.78 is 1.04. The first kappa shape index (κ1) is 15.0. The second-order valence-corrected chi connectivity index (χ2v) is 7.97. The van der Waals surface area contributed by atoms with Crippen LogP contribution in [0.5, 0.6) is 0 Å². The third-order valence-corrected chi connectivity index (χ3v) is 5.81. The summed E-state index contributed by atoms with van der Waals surface area (Å²) in [5.74, 6) is 1.17. The van der Waals surface area contributed by atoms with Crippen LogP contribution in [0.1, 0.15) is 38.7 Å². The summed E-state index contributed by atoms with van der Waals surface area (Å²) in [6.45, 7) is 4.10. The first-order valence-electron chi connectivity index (χ1n) is 7.72. The average Bonchev–Trinajstić information content (AvgIpc) is 2.99. The van der Waals surface area contributed by atoms with Crippen molar-refractivity contribution in [1.29, 1.82) is 0 Å². The van der Waals surface area contributed by atoms with Gasteiger partial charge in [-0.15, -0.1) is 0 Å². The van der Waals surface area contributed by atoms with Gasteiger partial charge >= 0.3 is 0 Å². The summed E-state index contributed by atoms with van der Waals surface area (Å²) >= 11 is 3.44. The lowest BCUT2D eigenvalue weighted by Gasteiger charge is -2.33. The highest BCUT2D eigenvalue weighted by Gasteiger charge is 2.49. The molecule has 4 unspecified atom stereocenters. The molecular weight excluding hydrogens is 328 g/mol. The fourth-order valence-corrected chi connectivity index (χ4v) is 4.32. The van der Waals surface area contributed by atoms with Crippen molar-refractivity contribution < 1.29 is 4.79 Å². The number of nitrogens with two attached hydrogens (primary N) is 1. The maximum absolute atomic E-state index is 12.7. The molecule has 0 spiro atoms. The standard InChI is InChI=1S/C17H23BrN2O/c1-17(2,12-5-7-13(18)8-6-12)20-16(21)14-10-3-4-11(9-10)15(14)19/h5-8,10-11,14-15H,3-4,9,19H2,1-2H3,(H,20,21). The molecule has 2 saturated carbocycles. The van der Waals surface area contributed by atoms with Gasteiger partial charge in [-0.1, -0.05) is 28.1 Å². The summed E-state index contributed by atoms with van der Waals surface area (Å²) in [6, 6.07) is 8.15. The minimum Gasteiger partial charge on any atom is -0.347 e. The van der Waals surface area contributed by atoms with Crippen LogP contribution in [0.4, 0.5) is 0 Å². The lowest BCUT2D eigenvalue weighted by Crippen LogP contribution is -2.50. The zero-order valence-corrected chi connectivity index (χ0v) is 14.2. The van der Waals surface area contributed by atoms with Gasteiger partial charge in [0.05, 0.1) is 11.5 Å². The number of rotatable bonds is 3. The van der Waals surface area contributed by atoms with E-state index in [0.29, 0.717) is 11.8 Å². The highest BCUT2D eigenvalue weighted by Crippen LogP contribution is 2.47. The van der Waals surface area contributed by atoms with Crippen molar-refractivity contribution >= 4 is 21.8 Å². The van der Waals surface area contributed by atoms with Crippen LogP contribution < -0.4 is 11.1 Å². The predicted molar refractivity (Wildman–Crippen MR) is 87.6 cm³/mol. The van der Waals surface area contributed by atoms with Crippen molar-refractivity contribution in [3.8, 4) is 0 Å². The number of amides is 1. The molecule has 114 valence electrons. The Morgan fingerprint density at radius 3 is 2.43 bits per heavy atom. The molecule has 2 bridgehead atoms. The van der Waals surface area contributed by atoms with Gasteiger partial charge in [0.25, 0.3) is 0 Å². The first-order chi connectivity index (χ1) is 9.88. The Labute approximate surface area is 134 Å². The molecule has 0 radical (unpaired) electrons. The zero-order valence-electron chi connectivity index (χ0n) is 12.6. The summed E-state index contributed by atoms with van der Waals surface area (Å²) in [5.41, 5.74) is 7.01. The first-order valence-corrected chi connectivity index (χ1v) is 8.51. The van der Waals surface area contributed by atoms with Crippen molar-refractivity contribution in [1.82, 2.24) is 5.32 Å². The maximum Gasteiger partial charge on any atom is 0.225 e. The molecule has 21 heavy (non-hydrogen) atoms. The molecule has 2 aliphatic carbocycles. The number of benzene rings is 1. The smallest absolute Gasteiger partial charge is 0.225 e. The number of carbonyl (C=O) groups is 1. The van der Waals surface area contributed by atoms with Crippen molar-refractivity contribution in [3.63, 3.8) is 0 Å². The van der Waals surface area contributed by atoms with E-state index in [4.69, 9.17) is 5.73 Å². The average molecular weight is 351 g/mol. The Bertz CT molecular complexity index is 538. The molecule has 1 aromatic carbocycles. The van der Waals surface area contributed by atoms with E-state index in [2.05, 4.69) is 21.2 Å². The number of hydrogen-bond donors (Lipinski definition) is 2. The fourth-order valence-electron chi connectivity index (χ4n) is 4.05. The molecule has 1 amide bonds. The Kier molecular flexibility index (Phi) is 3.87. The Morgan fingerprint density at radius 2 is 1.86 bits per heavy atom. The molecule has 4 heteroatoms. The monoisotopic (exact) mass is 350 g/mol. The number of carbonyl (C=O) groups excluding carboxylic acids is 1. The number of nitrogens with one attached hydrogen (secondary N) is 1. The van der Waals surface area contributed by atoms with Crippen LogP contribution in [-0.2, 0) is 10.3 Å². The van der Waals surface area contributed by atoms with Gasteiger partial charge in [-0.25, -0.2) is 0 Å². The van der Waals surface area contributed by atoms with Crippen molar-refractivity contribution in [3.05, 3.63) is 34.3 Å². The molecule has 4 atom stereocenters. The van der Waals surface area contributed by atoms with Crippen LogP contribution in [0.3, 0.4) is 0 Å². The van der Waals surface area contributed by atoms with Gasteiger partial charge in [-0.3, -0.25) is 4.79 Å². The van der Waals surface area contributed by atoms with Crippen LogP contribution in [0.25, 0.3) is 0 Å². The summed E-state index contributed by atoms with van der Waals surface area (Å²) in [7, 11) is 0. The van der Waals surface area contributed by atoms with E-state index in [0.717, 1.165) is 22.9 Å². The van der Waals surface area contributed by atoms with Crippen molar-refractivity contribution in [2.75, 3.05) is 0 Å². The van der Waals surface area contributed by atoms with E-state index >= 15 is 0 Å². The van der Waals surface area contributed by atoms with Gasteiger partial charge in [-0.2, -0.15) is 0 Å². The van der Waals surface area contributed by atoms with Gasteiger partial charge in [0, 0.05) is 10.5 Å². The van der Waals surface area contributed by atoms with Crippen molar-refractivity contribution in [2.24, 2.45) is 23.5 Å². The van der Waals surface area contributed by atoms with Gasteiger partial charge in [0.2, 0.25) is 5.91 Å². The number of halogens is 1. The molecule has 1 aromatic rings. The predicted octanol–water partition coefficient (Wildman–Crippen LogP) is 3.17. The Balaban J connectivity index is 1.73. The molecule has 3 rings (SSSR count). The van der Waals surface area contributed by atoms with E-state index in [1.54, 1.807) is 0 Å². The molecule has 0 heterocycles.